The minimum atomic E-state index is -0.625. The lowest BCUT2D eigenvalue weighted by atomic mass is 10.1. The molecule has 0 aliphatic heterocycles. The average Bonchev–Trinajstić information content (AvgIpc) is 0.910. The molecule has 0 aromatic heterocycles. The molecule has 0 bridgehead atoms. The second-order valence-corrected chi connectivity index (χ2v) is 21.9. The third-order valence-electron chi connectivity index (χ3n) is 13.8. The molecule has 0 saturated heterocycles. The Morgan fingerprint density at radius 2 is 0.743 bits per heavy atom. The molecule has 10 aromatic rings. The molecule has 0 aliphatic rings. The highest BCUT2D eigenvalue weighted by molar-refractivity contribution is 6.36. The van der Waals surface area contributed by atoms with Crippen LogP contribution >= 0.6 is 23.2 Å². The van der Waals surface area contributed by atoms with Crippen molar-refractivity contribution in [1.29, 1.82) is 0 Å². The van der Waals surface area contributed by atoms with E-state index in [1.807, 2.05) is 45.0 Å². The minimum Gasteiger partial charge on any atom is -0.508 e. The van der Waals surface area contributed by atoms with Gasteiger partial charge in [-0.2, -0.15) is 20.4 Å². The van der Waals surface area contributed by atoms with Crippen LogP contribution < -0.4 is 4.74 Å². The van der Waals surface area contributed by atoms with E-state index in [0.717, 1.165) is 68.9 Å². The van der Waals surface area contributed by atoms with Gasteiger partial charge in [0, 0.05) is 24.7 Å². The van der Waals surface area contributed by atoms with E-state index in [1.54, 1.807) is 164 Å². The van der Waals surface area contributed by atoms with Gasteiger partial charge in [-0.05, 0) is 264 Å². The average molecular weight is 1410 g/mol. The van der Waals surface area contributed by atoms with Crippen LogP contribution in [0.3, 0.4) is 0 Å². The summed E-state index contributed by atoms with van der Waals surface area (Å²) < 4.78 is 14.2. The number of methoxy groups -OCH3 is 3. The smallest absolute Gasteiger partial charge is 0.341 e. The molecular weight excluding hydrogens is 1330 g/mol. The molecule has 10 rings (SSSR count). The number of esters is 2. The molecule has 0 radical (unpaired) electrons. The molecule has 0 atom stereocenters. The molecule has 10 N–H and O–H groups in total. The first-order valence-corrected chi connectivity index (χ1v) is 31.2. The first kappa shape index (κ1) is 77.2. The van der Waals surface area contributed by atoms with Crippen LogP contribution in [-0.4, -0.2) is 127 Å². The first-order valence-electron chi connectivity index (χ1n) is 30.4. The zero-order chi connectivity index (χ0) is 73.4. The van der Waals surface area contributed by atoms with E-state index in [9.17, 15) is 50.4 Å². The molecule has 0 heterocycles. The van der Waals surface area contributed by atoms with E-state index in [4.69, 9.17) is 38.2 Å². The number of phenolic OH excluding ortho intramolecular Hbond substituents is 10. The van der Waals surface area contributed by atoms with E-state index < -0.39 is 11.9 Å². The second-order valence-electron chi connectivity index (χ2n) is 21.1. The normalized spacial score (nSPS) is 11.2. The fraction of sp³-hybridized carbons (Fsp3) is 0.104. The predicted octanol–water partition coefficient (Wildman–Crippen LogP) is 16.4. The Hall–Kier alpha value is -12.8. The molecule has 101 heavy (non-hydrogen) atoms. The standard InChI is InChI=1S/C18H20N2O2.C16H14N2O4.C15H13NO4.C15H15NO3.C13H9Cl2NO2/c1-3-17(13-5-9-15(21)10-6-13)19-20-18(4-2)14-7-11-16(22)12-8-14;1-22-16(21)14-8-12(4-7-15(14)20)10-18-17-9-11-2-5-13(19)6-3-11;1-20-15(19)13-8-11(4-7-14(13)18)16-9-10-2-5-12(17)6-3-10;1-10-7-12(4-6-13(10)17)16-9-11-3-5-14(18)15(8-11)19-2;14-10-6-13(18)11(15)5-12(10)16-7-8-1-3-9(17)4-2-8/h5-12,21-22H,3-4H2,1-2H3;2-10,19-20H,1H3;2-9,17-18H,1H3;3-9,17-18H,1-2H3;1-7,17-18H/b19-17+,20-18+;17-9+,18-10+;;;. The zero-order valence-corrected chi connectivity index (χ0v) is 56.8. The lowest BCUT2D eigenvalue weighted by Crippen LogP contribution is -2.02. The number of hydrogen-bond acceptors (Lipinski definition) is 22. The van der Waals surface area contributed by atoms with Crippen LogP contribution in [0.25, 0.3) is 0 Å². The summed E-state index contributed by atoms with van der Waals surface area (Å²) >= 11 is 11.7. The van der Waals surface area contributed by atoms with Crippen LogP contribution in [0.2, 0.25) is 10.0 Å². The Kier molecular flexibility index (Phi) is 30.1. The lowest BCUT2D eigenvalue weighted by molar-refractivity contribution is 0.0588. The number of halogens is 2. The molecule has 0 aliphatic carbocycles. The summed E-state index contributed by atoms with van der Waals surface area (Å²) in [6.45, 7) is 5.86. The van der Waals surface area contributed by atoms with Crippen LogP contribution in [0.5, 0.6) is 63.2 Å². The molecule has 0 spiro atoms. The van der Waals surface area contributed by atoms with Crippen molar-refractivity contribution in [3.63, 3.8) is 0 Å². The monoisotopic (exact) mass is 1400 g/mol. The van der Waals surface area contributed by atoms with Gasteiger partial charge in [-0.15, -0.1) is 0 Å². The number of aryl methyl sites for hydroxylation is 1. The van der Waals surface area contributed by atoms with Gasteiger partial charge in [0.05, 0.1) is 72.3 Å². The van der Waals surface area contributed by atoms with Crippen molar-refractivity contribution in [2.45, 2.75) is 33.6 Å². The summed E-state index contributed by atoms with van der Waals surface area (Å²) in [5, 5.41) is 111. The highest BCUT2D eigenvalue weighted by Gasteiger charge is 2.14. The third-order valence-corrected chi connectivity index (χ3v) is 14.4. The predicted molar refractivity (Wildman–Crippen MR) is 396 cm³/mol. The molecule has 0 amide bonds. The van der Waals surface area contributed by atoms with Crippen LogP contribution in [0, 0.1) is 6.92 Å². The molecule has 518 valence electrons. The number of aliphatic imine (C=N–C) groups is 3. The summed E-state index contributed by atoms with van der Waals surface area (Å²) in [5.74, 6) is 0.155. The van der Waals surface area contributed by atoms with Gasteiger partial charge in [-0.25, -0.2) is 9.59 Å². The Morgan fingerprint density at radius 1 is 0.376 bits per heavy atom. The molecule has 22 nitrogen and oxygen atoms in total. The maximum atomic E-state index is 11.5. The van der Waals surface area contributed by atoms with E-state index in [1.165, 1.54) is 70.2 Å². The molecule has 0 unspecified atom stereocenters. The van der Waals surface area contributed by atoms with Crippen molar-refractivity contribution in [2.75, 3.05) is 21.3 Å². The lowest BCUT2D eigenvalue weighted by Gasteiger charge is -2.05. The summed E-state index contributed by atoms with van der Waals surface area (Å²) in [7, 11) is 3.98. The highest BCUT2D eigenvalue weighted by Crippen LogP contribution is 2.35. The van der Waals surface area contributed by atoms with Gasteiger partial charge in [0.2, 0.25) is 0 Å². The number of rotatable bonds is 17. The quantitative estimate of drug-likeness (QED) is 0.0230. The van der Waals surface area contributed by atoms with Crippen molar-refractivity contribution in [3.8, 4) is 63.2 Å². The number of ether oxygens (including phenoxy) is 3. The fourth-order valence-corrected chi connectivity index (χ4v) is 8.69. The molecule has 0 fully saturated rings. The summed E-state index contributed by atoms with van der Waals surface area (Å²) in [6, 6.07) is 55.3. The number of hydrogen-bond donors (Lipinski definition) is 10. The SMILES string of the molecule is CC/C(=N\N=C(/CC)c1ccc(O)cc1)c1ccc(O)cc1.COC(=O)c1cc(/C=N/N=C/c2ccc(O)cc2)ccc1O.COC(=O)c1cc(N=Cc2ccc(O)cc2)ccc1O.COc1cc(C=Nc2ccc(O)c(C)c2)ccc1O.Oc1ccc(C=Nc2cc(Cl)c(O)cc2Cl)cc1. The number of aromatic hydroxyl groups is 10. The van der Waals surface area contributed by atoms with Crippen LogP contribution in [-0.2, 0) is 9.47 Å². The van der Waals surface area contributed by atoms with E-state index >= 15 is 0 Å². The Balaban J connectivity index is 0.000000199. The van der Waals surface area contributed by atoms with Crippen LogP contribution in [0.4, 0.5) is 17.1 Å². The summed E-state index contributed by atoms with van der Waals surface area (Å²) in [6.07, 6.45) is 9.33. The maximum Gasteiger partial charge on any atom is 0.341 e. The van der Waals surface area contributed by atoms with Gasteiger partial charge in [0.25, 0.3) is 0 Å². The van der Waals surface area contributed by atoms with Gasteiger partial charge in [0.1, 0.15) is 62.9 Å². The molecule has 10 aromatic carbocycles. The number of carbonyl (C=O) groups excluding carboxylic acids is 2. The number of phenols is 10. The second kappa shape index (κ2) is 39.4. The minimum absolute atomic E-state index is 0.0628. The zero-order valence-electron chi connectivity index (χ0n) is 55.3. The van der Waals surface area contributed by atoms with Gasteiger partial charge >= 0.3 is 11.9 Å². The largest absolute Gasteiger partial charge is 0.508 e. The van der Waals surface area contributed by atoms with Gasteiger partial charge in [0.15, 0.2) is 11.5 Å². The van der Waals surface area contributed by atoms with Crippen LogP contribution in [0.15, 0.2) is 242 Å². The maximum absolute atomic E-state index is 11.5. The fourth-order valence-electron chi connectivity index (χ4n) is 8.32. The Labute approximate surface area is 592 Å². The van der Waals surface area contributed by atoms with E-state index in [-0.39, 0.29) is 73.6 Å². The Bertz CT molecular complexity index is 4560. The molecule has 0 saturated carbocycles. The third kappa shape index (κ3) is 25.3. The van der Waals surface area contributed by atoms with Crippen molar-refractivity contribution in [1.82, 2.24) is 0 Å². The Morgan fingerprint density at radius 3 is 1.19 bits per heavy atom. The van der Waals surface area contributed by atoms with E-state index in [0.29, 0.717) is 27.7 Å². The summed E-state index contributed by atoms with van der Waals surface area (Å²) in [5.41, 5.74) is 10.1. The van der Waals surface area contributed by atoms with Crippen molar-refractivity contribution < 1.29 is 74.9 Å². The topological polar surface area (TPSA) is 351 Å². The van der Waals surface area contributed by atoms with Crippen molar-refractivity contribution in [2.24, 2.45) is 35.4 Å². The van der Waals surface area contributed by atoms with Gasteiger partial charge in [-0.1, -0.05) is 37.0 Å². The number of benzene rings is 10. The van der Waals surface area contributed by atoms with Gasteiger partial charge < -0.3 is 65.3 Å². The highest BCUT2D eigenvalue weighted by atomic mass is 35.5. The van der Waals surface area contributed by atoms with Crippen molar-refractivity contribution in [3.05, 3.63) is 272 Å². The van der Waals surface area contributed by atoms with E-state index in [2.05, 4.69) is 44.9 Å². The van der Waals surface area contributed by atoms with Crippen LogP contribution in [0.1, 0.15) is 91.9 Å². The summed E-state index contributed by atoms with van der Waals surface area (Å²) in [4.78, 5) is 35.6. The van der Waals surface area contributed by atoms with Gasteiger partial charge in [-0.3, -0.25) is 15.0 Å². The number of nitrogens with zero attached hydrogens (tertiary/aromatic N) is 7. The van der Waals surface area contributed by atoms with Crippen molar-refractivity contribution >= 4 is 94.7 Å². The molecular formula is C77H71Cl2N7O15. The molecule has 24 heteroatoms. The number of carbonyl (C=O) groups is 2. The first-order chi connectivity index (χ1) is 48.5.